The molecule has 4 atom stereocenters. The van der Waals surface area contributed by atoms with Crippen LogP contribution in [-0.2, 0) is 35.2 Å². The number of benzene rings is 1. The zero-order chi connectivity index (χ0) is 27.4. The highest BCUT2D eigenvalue weighted by Gasteiger charge is 2.31. The minimum Gasteiger partial charge on any atom is -0.481 e. The molecule has 1 aliphatic rings. The maximum atomic E-state index is 13.1. The third-order valence-electron chi connectivity index (χ3n) is 5.67. The van der Waals surface area contributed by atoms with Crippen molar-refractivity contribution in [2.75, 3.05) is 20.1 Å². The second-order valence-electron chi connectivity index (χ2n) is 8.72. The SMILES string of the molecule is CNCCCC1NC(=O)C(C)NC(=O)C(Cc2ccccc2)NC(=O)C(CC(=O)O)NC(=O)CNC1=O. The van der Waals surface area contributed by atoms with E-state index in [1.54, 1.807) is 37.4 Å². The first-order valence-corrected chi connectivity index (χ1v) is 12.0. The lowest BCUT2D eigenvalue weighted by Crippen LogP contribution is -2.57. The summed E-state index contributed by atoms with van der Waals surface area (Å²) in [6.45, 7) is 1.48. The van der Waals surface area contributed by atoms with Crippen molar-refractivity contribution in [3.8, 4) is 0 Å². The van der Waals surface area contributed by atoms with Gasteiger partial charge < -0.3 is 37.0 Å². The number of hydrogen-bond acceptors (Lipinski definition) is 7. The van der Waals surface area contributed by atoms with Crippen molar-refractivity contribution in [1.82, 2.24) is 31.9 Å². The number of carboxylic acids is 1. The number of carbonyl (C=O) groups excluding carboxylic acids is 5. The summed E-state index contributed by atoms with van der Waals surface area (Å²) >= 11 is 0. The summed E-state index contributed by atoms with van der Waals surface area (Å²) in [7, 11) is 1.74. The van der Waals surface area contributed by atoms with E-state index in [1.165, 1.54) is 6.92 Å². The predicted molar refractivity (Wildman–Crippen MR) is 132 cm³/mol. The van der Waals surface area contributed by atoms with Crippen LogP contribution in [-0.4, -0.2) is 84.9 Å². The van der Waals surface area contributed by atoms with Crippen molar-refractivity contribution in [2.24, 2.45) is 0 Å². The Hall–Kier alpha value is -4.00. The summed E-state index contributed by atoms with van der Waals surface area (Å²) in [6.07, 6.45) is 0.112. The van der Waals surface area contributed by atoms with Gasteiger partial charge in [0, 0.05) is 6.42 Å². The number of aliphatic carboxylic acids is 1. The number of carboxylic acid groups (broad SMARTS) is 1. The van der Waals surface area contributed by atoms with Gasteiger partial charge in [-0.15, -0.1) is 0 Å². The van der Waals surface area contributed by atoms with Crippen molar-refractivity contribution in [3.05, 3.63) is 35.9 Å². The molecule has 0 spiro atoms. The van der Waals surface area contributed by atoms with Crippen LogP contribution in [0.15, 0.2) is 30.3 Å². The second-order valence-corrected chi connectivity index (χ2v) is 8.72. The van der Waals surface area contributed by atoms with Crippen molar-refractivity contribution in [3.63, 3.8) is 0 Å². The molecule has 1 saturated heterocycles. The molecule has 13 heteroatoms. The van der Waals surface area contributed by atoms with Crippen LogP contribution in [0.25, 0.3) is 0 Å². The fourth-order valence-electron chi connectivity index (χ4n) is 3.68. The smallest absolute Gasteiger partial charge is 0.305 e. The summed E-state index contributed by atoms with van der Waals surface area (Å²) in [5.74, 6) is -4.98. The van der Waals surface area contributed by atoms with Gasteiger partial charge in [0.05, 0.1) is 13.0 Å². The Balaban J connectivity index is 2.35. The van der Waals surface area contributed by atoms with Gasteiger partial charge in [-0.1, -0.05) is 30.3 Å². The summed E-state index contributed by atoms with van der Waals surface area (Å²) in [6, 6.07) is 4.08. The van der Waals surface area contributed by atoms with Gasteiger partial charge in [0.2, 0.25) is 29.5 Å². The lowest BCUT2D eigenvalue weighted by molar-refractivity contribution is -0.141. The average Bonchev–Trinajstić information content (AvgIpc) is 2.85. The molecule has 7 N–H and O–H groups in total. The van der Waals surface area contributed by atoms with E-state index in [1.807, 2.05) is 0 Å². The third-order valence-corrected chi connectivity index (χ3v) is 5.67. The molecule has 13 nitrogen and oxygen atoms in total. The first-order chi connectivity index (χ1) is 17.6. The van der Waals surface area contributed by atoms with Crippen molar-refractivity contribution < 1.29 is 33.9 Å². The number of rotatable bonds is 8. The van der Waals surface area contributed by atoms with E-state index in [4.69, 9.17) is 0 Å². The highest BCUT2D eigenvalue weighted by molar-refractivity contribution is 5.97. The van der Waals surface area contributed by atoms with E-state index in [9.17, 15) is 33.9 Å². The number of amides is 5. The first kappa shape index (κ1) is 29.2. The summed E-state index contributed by atoms with van der Waals surface area (Å²) in [5.41, 5.74) is 0.705. The van der Waals surface area contributed by atoms with Gasteiger partial charge in [0.15, 0.2) is 0 Å². The van der Waals surface area contributed by atoms with E-state index in [0.717, 1.165) is 0 Å². The molecule has 202 valence electrons. The molecule has 1 aliphatic heterocycles. The molecule has 1 aromatic carbocycles. The summed E-state index contributed by atoms with van der Waals surface area (Å²) in [5, 5.41) is 24.5. The van der Waals surface area contributed by atoms with Gasteiger partial charge in [-0.2, -0.15) is 0 Å². The van der Waals surface area contributed by atoms with Gasteiger partial charge in [-0.05, 0) is 38.9 Å². The fourth-order valence-corrected chi connectivity index (χ4v) is 3.68. The van der Waals surface area contributed by atoms with E-state index in [-0.39, 0.29) is 12.8 Å². The zero-order valence-electron chi connectivity index (χ0n) is 20.8. The Bertz CT molecular complexity index is 987. The molecule has 0 saturated carbocycles. The van der Waals surface area contributed by atoms with E-state index in [2.05, 4.69) is 31.9 Å². The summed E-state index contributed by atoms with van der Waals surface area (Å²) < 4.78 is 0. The lowest BCUT2D eigenvalue weighted by atomic mass is 10.0. The van der Waals surface area contributed by atoms with Crippen LogP contribution in [0.1, 0.15) is 31.7 Å². The molecule has 4 unspecified atom stereocenters. The van der Waals surface area contributed by atoms with E-state index in [0.29, 0.717) is 18.5 Å². The quantitative estimate of drug-likeness (QED) is 0.188. The molecule has 0 aliphatic carbocycles. The molecule has 1 aromatic rings. The summed E-state index contributed by atoms with van der Waals surface area (Å²) in [4.78, 5) is 75.4. The van der Waals surface area contributed by atoms with Crippen molar-refractivity contribution >= 4 is 35.5 Å². The molecule has 0 bridgehead atoms. The van der Waals surface area contributed by atoms with Crippen molar-refractivity contribution in [2.45, 2.75) is 56.8 Å². The van der Waals surface area contributed by atoms with Gasteiger partial charge in [-0.3, -0.25) is 28.8 Å². The molecule has 1 heterocycles. The molecule has 2 rings (SSSR count). The van der Waals surface area contributed by atoms with Crippen LogP contribution in [0.5, 0.6) is 0 Å². The second kappa shape index (κ2) is 14.5. The molecule has 5 amide bonds. The number of carbonyl (C=O) groups is 6. The topological polar surface area (TPSA) is 195 Å². The Labute approximate surface area is 214 Å². The van der Waals surface area contributed by atoms with Crippen LogP contribution >= 0.6 is 0 Å². The minimum atomic E-state index is -1.50. The minimum absolute atomic E-state index is 0.0488. The van der Waals surface area contributed by atoms with Gasteiger partial charge in [0.1, 0.15) is 24.2 Å². The van der Waals surface area contributed by atoms with Crippen LogP contribution in [0, 0.1) is 0 Å². The Kier molecular flexibility index (Phi) is 11.5. The Morgan fingerprint density at radius 1 is 0.892 bits per heavy atom. The maximum Gasteiger partial charge on any atom is 0.305 e. The standard InChI is InChI=1S/C24H34N6O7/c1-14-21(34)29-16(9-6-10-25-2)22(35)26-13-19(31)28-18(12-20(32)33)24(37)30-17(23(36)27-14)11-15-7-4-3-5-8-15/h3-5,7-8,14,16-18,25H,6,9-13H2,1-2H3,(H,26,35)(H,27,36)(H,28,31)(H,29,34)(H,30,37)(H,32,33). The highest BCUT2D eigenvalue weighted by Crippen LogP contribution is 2.06. The Morgan fingerprint density at radius 3 is 2.19 bits per heavy atom. The van der Waals surface area contributed by atoms with Gasteiger partial charge in [0.25, 0.3) is 0 Å². The highest BCUT2D eigenvalue weighted by atomic mass is 16.4. The Morgan fingerprint density at radius 2 is 1.54 bits per heavy atom. The molecule has 1 fully saturated rings. The van der Waals surface area contributed by atoms with Crippen LogP contribution in [0.3, 0.4) is 0 Å². The number of hydrogen-bond donors (Lipinski definition) is 7. The molecular weight excluding hydrogens is 484 g/mol. The lowest BCUT2D eigenvalue weighted by Gasteiger charge is -2.24. The normalized spacial score (nSPS) is 23.9. The molecular formula is C24H34N6O7. The fraction of sp³-hybridized carbons (Fsp3) is 0.500. The van der Waals surface area contributed by atoms with Crippen molar-refractivity contribution in [1.29, 1.82) is 0 Å². The van der Waals surface area contributed by atoms with Gasteiger partial charge in [-0.25, -0.2) is 0 Å². The van der Waals surface area contributed by atoms with Crippen LogP contribution < -0.4 is 31.9 Å². The van der Waals surface area contributed by atoms with Crippen LogP contribution in [0.2, 0.25) is 0 Å². The zero-order valence-corrected chi connectivity index (χ0v) is 20.8. The van der Waals surface area contributed by atoms with Crippen LogP contribution in [0.4, 0.5) is 0 Å². The molecule has 37 heavy (non-hydrogen) atoms. The predicted octanol–water partition coefficient (Wildman–Crippen LogP) is -2.21. The number of nitrogens with one attached hydrogen (secondary N) is 6. The first-order valence-electron chi connectivity index (χ1n) is 12.0. The molecule has 0 aromatic heterocycles. The largest absolute Gasteiger partial charge is 0.481 e. The maximum absolute atomic E-state index is 13.1. The average molecular weight is 519 g/mol. The van der Waals surface area contributed by atoms with Gasteiger partial charge >= 0.3 is 5.97 Å². The molecule has 0 radical (unpaired) electrons. The van der Waals surface area contributed by atoms with E-state index >= 15 is 0 Å². The third kappa shape index (κ3) is 9.88. The van der Waals surface area contributed by atoms with E-state index < -0.39 is 72.6 Å². The monoisotopic (exact) mass is 518 g/mol.